The number of fused-ring (bicyclic) bond motifs is 2. The minimum absolute atomic E-state index is 0.0443. The van der Waals surface area contributed by atoms with Crippen LogP contribution in [-0.4, -0.2) is 30.0 Å². The van der Waals surface area contributed by atoms with Crippen LogP contribution in [0.4, 0.5) is 22.2 Å². The van der Waals surface area contributed by atoms with Crippen LogP contribution < -0.4 is 10.2 Å². The number of esters is 1. The van der Waals surface area contributed by atoms with Gasteiger partial charge in [-0.25, -0.2) is 9.78 Å². The van der Waals surface area contributed by atoms with E-state index in [1.165, 1.54) is 39.5 Å². The first-order valence-corrected chi connectivity index (χ1v) is 17.1. The maximum absolute atomic E-state index is 12.8. The number of carbonyl (C=O) groups excluding carboxylic acids is 2. The lowest BCUT2D eigenvalue weighted by molar-refractivity contribution is -0.112. The summed E-state index contributed by atoms with van der Waals surface area (Å²) in [5.41, 5.74) is 5.40. The number of amides is 1. The van der Waals surface area contributed by atoms with E-state index in [2.05, 4.69) is 68.8 Å². The Morgan fingerprint density at radius 3 is 2.64 bits per heavy atom. The fourth-order valence-electron chi connectivity index (χ4n) is 5.22. The summed E-state index contributed by atoms with van der Waals surface area (Å²) in [5, 5.41) is 21.8. The summed E-state index contributed by atoms with van der Waals surface area (Å²) in [7, 11) is 0. The van der Waals surface area contributed by atoms with E-state index in [-0.39, 0.29) is 5.57 Å². The molecule has 47 heavy (non-hydrogen) atoms. The Morgan fingerprint density at radius 2 is 1.87 bits per heavy atom. The van der Waals surface area contributed by atoms with Crippen molar-refractivity contribution in [1.82, 2.24) is 4.98 Å². The Bertz CT molecular complexity index is 1960. The number of nitrogens with one attached hydrogen (secondary N) is 1. The number of anilines is 2. The van der Waals surface area contributed by atoms with Gasteiger partial charge in [-0.3, -0.25) is 4.79 Å². The average molecular weight is 661 g/mol. The van der Waals surface area contributed by atoms with Crippen molar-refractivity contribution in [3.63, 3.8) is 0 Å². The Morgan fingerprint density at radius 1 is 1.04 bits per heavy atom. The molecule has 236 valence electrons. The topological polar surface area (TPSA) is 120 Å². The largest absolute Gasteiger partial charge is 0.462 e. The number of aromatic nitrogens is 1. The number of hydrogen-bond donors (Lipinski definition) is 1. The number of carbonyl (C=O) groups is 2. The summed E-state index contributed by atoms with van der Waals surface area (Å²) < 4.78 is 6.17. The van der Waals surface area contributed by atoms with Crippen molar-refractivity contribution >= 4 is 72.4 Å². The Labute approximate surface area is 280 Å². The van der Waals surface area contributed by atoms with Crippen LogP contribution in [-0.2, 0) is 22.5 Å². The van der Waals surface area contributed by atoms with E-state index in [1.807, 2.05) is 24.3 Å². The molecular formula is C36H32N6O3S2. The smallest absolute Gasteiger partial charge is 0.338 e. The number of thiophene rings is 1. The van der Waals surface area contributed by atoms with Gasteiger partial charge in [-0.1, -0.05) is 61.4 Å². The first kappa shape index (κ1) is 31.8. The summed E-state index contributed by atoms with van der Waals surface area (Å²) in [4.78, 5) is 33.5. The van der Waals surface area contributed by atoms with E-state index < -0.39 is 11.9 Å². The van der Waals surface area contributed by atoms with E-state index >= 15 is 0 Å². The van der Waals surface area contributed by atoms with Gasteiger partial charge in [0.2, 0.25) is 5.13 Å². The summed E-state index contributed by atoms with van der Waals surface area (Å²) in [6.45, 7) is 4.33. The van der Waals surface area contributed by atoms with E-state index in [0.717, 1.165) is 58.9 Å². The minimum Gasteiger partial charge on any atom is -0.462 e. The van der Waals surface area contributed by atoms with Crippen molar-refractivity contribution in [2.24, 2.45) is 10.2 Å². The highest BCUT2D eigenvalue weighted by Gasteiger charge is 2.19. The van der Waals surface area contributed by atoms with E-state index in [1.54, 1.807) is 30.3 Å². The van der Waals surface area contributed by atoms with Crippen LogP contribution in [0.1, 0.15) is 52.5 Å². The molecule has 9 nitrogen and oxygen atoms in total. The second-order valence-corrected chi connectivity index (χ2v) is 13.1. The Kier molecular flexibility index (Phi) is 10.1. The summed E-state index contributed by atoms with van der Waals surface area (Å²) in [6.07, 6.45) is 5.40. The third-order valence-corrected chi connectivity index (χ3v) is 9.62. The summed E-state index contributed by atoms with van der Waals surface area (Å²) >= 11 is 2.77. The zero-order chi connectivity index (χ0) is 32.6. The van der Waals surface area contributed by atoms with Crippen LogP contribution in [0.25, 0.3) is 15.6 Å². The predicted octanol–water partition coefficient (Wildman–Crippen LogP) is 9.23. The van der Waals surface area contributed by atoms with E-state index in [0.29, 0.717) is 23.0 Å². The molecule has 0 unspecified atom stereocenters. The van der Waals surface area contributed by atoms with Gasteiger partial charge in [-0.15, -0.1) is 21.6 Å². The van der Waals surface area contributed by atoms with Crippen LogP contribution in [0.2, 0.25) is 0 Å². The highest BCUT2D eigenvalue weighted by atomic mass is 32.1. The number of nitrogens with zero attached hydrogens (tertiary/aromatic N) is 5. The molecular weight excluding hydrogens is 629 g/mol. The zero-order valence-corrected chi connectivity index (χ0v) is 27.4. The molecule has 0 saturated carbocycles. The first-order valence-electron chi connectivity index (χ1n) is 15.4. The third-order valence-electron chi connectivity index (χ3n) is 7.63. The van der Waals surface area contributed by atoms with E-state index in [4.69, 9.17) is 4.74 Å². The summed E-state index contributed by atoms with van der Waals surface area (Å²) in [6, 6.07) is 26.9. The number of rotatable bonds is 12. The fraction of sp³-hybridized carbons (Fsp3) is 0.222. The van der Waals surface area contributed by atoms with Crippen molar-refractivity contribution in [1.29, 1.82) is 5.26 Å². The van der Waals surface area contributed by atoms with Crippen molar-refractivity contribution in [2.75, 3.05) is 23.4 Å². The molecule has 6 rings (SSSR count). The SMILES string of the molecule is CCCCCOC(=O)c1ccc(NC(=O)/C(C#N)=C/c2cc3sc(/N=N/c4ccc5c(c4)CCN5Cc4ccccc4)nc3s2)cc1. The summed E-state index contributed by atoms with van der Waals surface area (Å²) in [5.74, 6) is -0.943. The molecule has 1 N–H and O–H groups in total. The van der Waals surface area contributed by atoms with Gasteiger partial charge >= 0.3 is 5.97 Å². The van der Waals surface area contributed by atoms with Crippen LogP contribution in [0.5, 0.6) is 0 Å². The number of nitriles is 1. The molecule has 0 fully saturated rings. The van der Waals surface area contributed by atoms with Gasteiger partial charge in [0, 0.05) is 29.3 Å². The number of unbranched alkanes of at least 4 members (excludes halogenated alkanes) is 2. The number of thiazole rings is 1. The minimum atomic E-state index is -0.542. The molecule has 0 atom stereocenters. The van der Waals surface area contributed by atoms with Crippen molar-refractivity contribution in [3.8, 4) is 6.07 Å². The molecule has 3 heterocycles. The standard InChI is InChI=1S/C36H32N6O3S2/c1-2-3-7-18-45-35(44)25-10-12-28(13-11-25)38-33(43)27(22-37)20-30-21-32-34(46-30)39-36(47-32)41-40-29-14-15-31-26(19-29)16-17-42(31)23-24-8-5-4-6-9-24/h4-6,8-15,19-21H,2-3,7,16-18,23H2,1H3,(H,38,43)/b27-20+,41-40+. The van der Waals surface area contributed by atoms with Gasteiger partial charge in [-0.05, 0) is 78.6 Å². The monoisotopic (exact) mass is 660 g/mol. The third kappa shape index (κ3) is 7.98. The second-order valence-electron chi connectivity index (χ2n) is 11.0. The second kappa shape index (κ2) is 14.9. The highest BCUT2D eigenvalue weighted by Crippen LogP contribution is 2.37. The molecule has 0 radical (unpaired) electrons. The van der Waals surface area contributed by atoms with Crippen molar-refractivity contribution < 1.29 is 14.3 Å². The van der Waals surface area contributed by atoms with Gasteiger partial charge in [0.05, 0.1) is 22.6 Å². The van der Waals surface area contributed by atoms with E-state index in [9.17, 15) is 14.9 Å². The van der Waals surface area contributed by atoms with Crippen LogP contribution in [0.15, 0.2) is 94.7 Å². The molecule has 1 aliphatic heterocycles. The van der Waals surface area contributed by atoms with Gasteiger partial charge in [-0.2, -0.15) is 5.26 Å². The lowest BCUT2D eigenvalue weighted by Crippen LogP contribution is -2.19. The molecule has 0 bridgehead atoms. The Hall–Kier alpha value is -5.18. The predicted molar refractivity (Wildman–Crippen MR) is 188 cm³/mol. The molecule has 0 aliphatic carbocycles. The Balaban J connectivity index is 1.06. The molecule has 2 aromatic heterocycles. The number of azo groups is 1. The lowest BCUT2D eigenvalue weighted by atomic mass is 10.1. The van der Waals surface area contributed by atoms with Gasteiger partial charge in [0.25, 0.3) is 5.91 Å². The lowest BCUT2D eigenvalue weighted by Gasteiger charge is -2.19. The molecule has 0 saturated heterocycles. The van der Waals surface area contributed by atoms with Gasteiger partial charge < -0.3 is 15.0 Å². The zero-order valence-electron chi connectivity index (χ0n) is 25.8. The van der Waals surface area contributed by atoms with Crippen LogP contribution in [0.3, 0.4) is 0 Å². The van der Waals surface area contributed by atoms with Crippen LogP contribution >= 0.6 is 22.7 Å². The molecule has 11 heteroatoms. The van der Waals surface area contributed by atoms with Gasteiger partial charge in [0.1, 0.15) is 16.5 Å². The van der Waals surface area contributed by atoms with Crippen molar-refractivity contribution in [3.05, 3.63) is 106 Å². The maximum atomic E-state index is 12.8. The quantitative estimate of drug-likeness (QED) is 0.0468. The normalized spacial score (nSPS) is 12.8. The molecule has 5 aromatic rings. The fourth-order valence-corrected chi connectivity index (χ4v) is 7.21. The molecule has 1 amide bonds. The molecule has 0 spiro atoms. The number of benzene rings is 3. The maximum Gasteiger partial charge on any atom is 0.338 e. The highest BCUT2D eigenvalue weighted by molar-refractivity contribution is 7.29. The number of hydrogen-bond acceptors (Lipinski definition) is 10. The van der Waals surface area contributed by atoms with Crippen LogP contribution in [0, 0.1) is 11.3 Å². The molecule has 3 aromatic carbocycles. The number of ether oxygens (including phenoxy) is 1. The molecule has 1 aliphatic rings. The van der Waals surface area contributed by atoms with Crippen molar-refractivity contribution in [2.45, 2.75) is 39.2 Å². The average Bonchev–Trinajstić information content (AvgIpc) is 3.78. The van der Waals surface area contributed by atoms with Gasteiger partial charge in [0.15, 0.2) is 0 Å². The first-order chi connectivity index (χ1) is 23.0.